The van der Waals surface area contributed by atoms with Crippen LogP contribution in [0.15, 0.2) is 54.6 Å². The molecule has 0 saturated carbocycles. The number of carbonyl (C=O) groups excluding carboxylic acids is 2. The number of thioether (sulfide) groups is 1. The smallest absolute Gasteiger partial charge is 0.313 e. The number of ether oxygens (including phenoxy) is 3. The molecule has 0 unspecified atom stereocenters. The Morgan fingerprint density at radius 1 is 0.889 bits per heavy atom. The second-order valence-electron chi connectivity index (χ2n) is 6.62. The summed E-state index contributed by atoms with van der Waals surface area (Å²) in [6.45, 7) is 0. The van der Waals surface area contributed by atoms with E-state index in [1.807, 2.05) is 60.9 Å². The molecule has 4 rings (SSSR count). The van der Waals surface area contributed by atoms with Crippen LogP contribution in [-0.4, -0.2) is 32.4 Å². The van der Waals surface area contributed by atoms with E-state index >= 15 is 0 Å². The van der Waals surface area contributed by atoms with Gasteiger partial charge in [0.2, 0.25) is 0 Å². The lowest BCUT2D eigenvalue weighted by molar-refractivity contribution is -0.159. The van der Waals surface area contributed by atoms with Crippen LogP contribution < -0.4 is 0 Å². The van der Waals surface area contributed by atoms with Gasteiger partial charge in [0.1, 0.15) is 17.4 Å². The molecule has 140 valence electrons. The highest BCUT2D eigenvalue weighted by Crippen LogP contribution is 2.70. The molecule has 2 heterocycles. The number of hydrogen-bond acceptors (Lipinski definition) is 6. The molecular weight excluding hydrogens is 364 g/mol. The van der Waals surface area contributed by atoms with Gasteiger partial charge < -0.3 is 14.2 Å². The van der Waals surface area contributed by atoms with Gasteiger partial charge >= 0.3 is 11.9 Å². The van der Waals surface area contributed by atoms with Crippen molar-refractivity contribution in [2.75, 3.05) is 20.5 Å². The molecule has 2 bridgehead atoms. The van der Waals surface area contributed by atoms with Crippen molar-refractivity contribution in [2.45, 2.75) is 10.5 Å². The Balaban J connectivity index is 2.08. The molecule has 5 nitrogen and oxygen atoms in total. The molecule has 1 saturated heterocycles. The van der Waals surface area contributed by atoms with Crippen molar-refractivity contribution in [3.63, 3.8) is 0 Å². The molecule has 2 aliphatic rings. The Bertz CT molecular complexity index is 898. The summed E-state index contributed by atoms with van der Waals surface area (Å²) in [6, 6.07) is 17.3. The SMILES string of the molecule is COC(=O)[C@@H]1[C@@H](C(=O)OC)[C@]2(SC)O[C@@]1(c1ccccc1)c1ccccc12. The van der Waals surface area contributed by atoms with Gasteiger partial charge in [-0.25, -0.2) is 0 Å². The fourth-order valence-corrected chi connectivity index (χ4v) is 5.68. The van der Waals surface area contributed by atoms with Crippen molar-refractivity contribution in [2.24, 2.45) is 11.8 Å². The predicted octanol–water partition coefficient (Wildman–Crippen LogP) is 3.07. The summed E-state index contributed by atoms with van der Waals surface area (Å²) in [5, 5.41) is 0. The van der Waals surface area contributed by atoms with Gasteiger partial charge in [-0.3, -0.25) is 9.59 Å². The summed E-state index contributed by atoms with van der Waals surface area (Å²) in [4.78, 5) is 24.8. The topological polar surface area (TPSA) is 61.8 Å². The van der Waals surface area contributed by atoms with Crippen molar-refractivity contribution in [3.8, 4) is 0 Å². The van der Waals surface area contributed by atoms with E-state index in [0.29, 0.717) is 0 Å². The molecule has 4 atom stereocenters. The van der Waals surface area contributed by atoms with Crippen molar-refractivity contribution in [1.29, 1.82) is 0 Å². The Labute approximate surface area is 162 Å². The number of methoxy groups -OCH3 is 2. The molecule has 6 heteroatoms. The highest BCUT2D eigenvalue weighted by molar-refractivity contribution is 7.99. The first kappa shape index (κ1) is 18.1. The molecule has 0 aromatic heterocycles. The maximum atomic E-state index is 13.0. The van der Waals surface area contributed by atoms with Crippen LogP contribution in [0.2, 0.25) is 0 Å². The molecule has 0 radical (unpaired) electrons. The van der Waals surface area contributed by atoms with Crippen LogP contribution >= 0.6 is 11.8 Å². The van der Waals surface area contributed by atoms with Crippen LogP contribution in [0.1, 0.15) is 16.7 Å². The molecular formula is C21H20O5S. The lowest BCUT2D eigenvalue weighted by Crippen LogP contribution is -2.47. The Kier molecular flexibility index (Phi) is 4.28. The molecule has 0 amide bonds. The largest absolute Gasteiger partial charge is 0.469 e. The van der Waals surface area contributed by atoms with Crippen LogP contribution in [0, 0.1) is 11.8 Å². The maximum Gasteiger partial charge on any atom is 0.313 e. The Morgan fingerprint density at radius 2 is 1.44 bits per heavy atom. The fraction of sp³-hybridized carbons (Fsp3) is 0.333. The molecule has 2 aromatic carbocycles. The zero-order valence-corrected chi connectivity index (χ0v) is 16.1. The van der Waals surface area contributed by atoms with Crippen molar-refractivity contribution in [3.05, 3.63) is 71.3 Å². The molecule has 0 spiro atoms. The van der Waals surface area contributed by atoms with Crippen LogP contribution in [0.4, 0.5) is 0 Å². The summed E-state index contributed by atoms with van der Waals surface area (Å²) < 4.78 is 16.9. The van der Waals surface area contributed by atoms with Gasteiger partial charge in [0.15, 0.2) is 4.93 Å². The van der Waals surface area contributed by atoms with E-state index < -0.39 is 34.3 Å². The maximum absolute atomic E-state index is 13.0. The highest BCUT2D eigenvalue weighted by Gasteiger charge is 2.75. The molecule has 0 N–H and O–H groups in total. The van der Waals surface area contributed by atoms with Crippen molar-refractivity contribution >= 4 is 23.7 Å². The minimum Gasteiger partial charge on any atom is -0.469 e. The third kappa shape index (κ3) is 2.17. The average Bonchev–Trinajstić information content (AvgIpc) is 3.22. The molecule has 0 aliphatic carbocycles. The third-order valence-corrected chi connectivity index (χ3v) is 6.78. The van der Waals surface area contributed by atoms with E-state index in [1.54, 1.807) is 0 Å². The number of esters is 2. The number of hydrogen-bond donors (Lipinski definition) is 0. The number of fused-ring (bicyclic) bond motifs is 5. The van der Waals surface area contributed by atoms with Crippen LogP contribution in [-0.2, 0) is 34.3 Å². The molecule has 1 fully saturated rings. The minimum absolute atomic E-state index is 0.480. The van der Waals surface area contributed by atoms with Crippen LogP contribution in [0.3, 0.4) is 0 Å². The Morgan fingerprint density at radius 3 is 2.04 bits per heavy atom. The monoisotopic (exact) mass is 384 g/mol. The van der Waals surface area contributed by atoms with E-state index in [4.69, 9.17) is 14.2 Å². The third-order valence-electron chi connectivity index (χ3n) is 5.61. The van der Waals surface area contributed by atoms with Crippen LogP contribution in [0.5, 0.6) is 0 Å². The first-order valence-corrected chi connectivity index (χ1v) is 9.85. The first-order valence-electron chi connectivity index (χ1n) is 8.63. The van der Waals surface area contributed by atoms with E-state index in [1.165, 1.54) is 26.0 Å². The fourth-order valence-electron chi connectivity index (χ4n) is 4.58. The second kappa shape index (κ2) is 6.39. The first-order chi connectivity index (χ1) is 13.1. The zero-order valence-electron chi connectivity index (χ0n) is 15.3. The highest BCUT2D eigenvalue weighted by atomic mass is 32.2. The van der Waals surface area contributed by atoms with Crippen molar-refractivity contribution in [1.82, 2.24) is 0 Å². The normalized spacial score (nSPS) is 30.6. The van der Waals surface area contributed by atoms with Crippen molar-refractivity contribution < 1.29 is 23.8 Å². The van der Waals surface area contributed by atoms with E-state index in [9.17, 15) is 9.59 Å². The zero-order chi connectivity index (χ0) is 19.2. The number of benzene rings is 2. The van der Waals surface area contributed by atoms with E-state index in [0.717, 1.165) is 16.7 Å². The van der Waals surface area contributed by atoms with Gasteiger partial charge in [0.25, 0.3) is 0 Å². The van der Waals surface area contributed by atoms with E-state index in [-0.39, 0.29) is 0 Å². The average molecular weight is 384 g/mol. The lowest BCUT2D eigenvalue weighted by atomic mass is 9.65. The quantitative estimate of drug-likeness (QED) is 0.755. The van der Waals surface area contributed by atoms with Crippen LogP contribution in [0.25, 0.3) is 0 Å². The van der Waals surface area contributed by atoms with Gasteiger partial charge in [-0.1, -0.05) is 54.6 Å². The number of rotatable bonds is 4. The summed E-state index contributed by atoms with van der Waals surface area (Å²) >= 11 is 1.41. The molecule has 2 aliphatic heterocycles. The summed E-state index contributed by atoms with van der Waals surface area (Å²) in [6.07, 6.45) is 1.88. The Hall–Kier alpha value is -2.31. The van der Waals surface area contributed by atoms with Gasteiger partial charge in [-0.15, -0.1) is 11.8 Å². The standard InChI is InChI=1S/C21H20O5S/c1-24-18(22)16-17(19(23)25-2)21(27-3)15-12-8-7-11-14(15)20(16,26-21)13-9-5-4-6-10-13/h4-12,16-17H,1-3H3/t16-,17-,20-,21-/m0/s1. The van der Waals surface area contributed by atoms with Gasteiger partial charge in [-0.05, 0) is 17.4 Å². The van der Waals surface area contributed by atoms with Gasteiger partial charge in [-0.2, -0.15) is 0 Å². The summed E-state index contributed by atoms with van der Waals surface area (Å²) in [5.41, 5.74) is 1.50. The number of carbonyl (C=O) groups is 2. The minimum atomic E-state index is -1.10. The van der Waals surface area contributed by atoms with Gasteiger partial charge in [0.05, 0.1) is 14.2 Å². The molecule has 27 heavy (non-hydrogen) atoms. The second-order valence-corrected chi connectivity index (χ2v) is 7.64. The lowest BCUT2D eigenvalue weighted by Gasteiger charge is -2.37. The summed E-state index contributed by atoms with van der Waals surface area (Å²) in [5.74, 6) is -2.63. The van der Waals surface area contributed by atoms with Gasteiger partial charge in [0, 0.05) is 5.56 Å². The predicted molar refractivity (Wildman–Crippen MR) is 101 cm³/mol. The summed E-state index contributed by atoms with van der Waals surface area (Å²) in [7, 11) is 2.66. The molecule has 2 aromatic rings. The van der Waals surface area contributed by atoms with E-state index in [2.05, 4.69) is 0 Å².